The normalized spacial score (nSPS) is 10.6. The lowest BCUT2D eigenvalue weighted by molar-refractivity contribution is 0.466. The second-order valence-electron chi connectivity index (χ2n) is 3.70. The quantitative estimate of drug-likeness (QED) is 0.500. The molecular weight excluding hydrogens is 234 g/mol. The zero-order valence-corrected chi connectivity index (χ0v) is 10.5. The number of nitrogen functional groups attached to an aromatic ring is 1. The second-order valence-corrected chi connectivity index (χ2v) is 4.75. The van der Waals surface area contributed by atoms with Crippen molar-refractivity contribution >= 4 is 17.4 Å². The number of rotatable bonds is 5. The molecule has 1 aromatic carbocycles. The summed E-state index contributed by atoms with van der Waals surface area (Å²) in [6, 6.07) is 7.44. The molecule has 1 heterocycles. The van der Waals surface area contributed by atoms with E-state index in [1.54, 1.807) is 11.8 Å². The zero-order valence-electron chi connectivity index (χ0n) is 9.72. The zero-order chi connectivity index (χ0) is 12.1. The Labute approximate surface area is 105 Å². The van der Waals surface area contributed by atoms with E-state index in [2.05, 4.69) is 17.1 Å². The summed E-state index contributed by atoms with van der Waals surface area (Å²) in [5.41, 5.74) is 7.26. The van der Waals surface area contributed by atoms with E-state index in [4.69, 9.17) is 10.2 Å². The van der Waals surface area contributed by atoms with Gasteiger partial charge in [-0.1, -0.05) is 31.2 Å². The Balaban J connectivity index is 2.07. The molecule has 0 unspecified atom stereocenters. The van der Waals surface area contributed by atoms with Crippen LogP contribution in [-0.4, -0.2) is 16.0 Å². The molecule has 5 heteroatoms. The van der Waals surface area contributed by atoms with Crippen LogP contribution in [0.25, 0.3) is 11.5 Å². The average molecular weight is 249 g/mol. The third-order valence-corrected chi connectivity index (χ3v) is 3.17. The van der Waals surface area contributed by atoms with Crippen LogP contribution in [0, 0.1) is 0 Å². The van der Waals surface area contributed by atoms with Gasteiger partial charge in [0.2, 0.25) is 5.89 Å². The van der Waals surface area contributed by atoms with E-state index in [-0.39, 0.29) is 0 Å². The van der Waals surface area contributed by atoms with E-state index in [0.717, 1.165) is 17.7 Å². The lowest BCUT2D eigenvalue weighted by Gasteiger charge is -1.96. The number of nitrogens with zero attached hydrogens (tertiary/aromatic N) is 2. The molecule has 0 saturated heterocycles. The second kappa shape index (κ2) is 5.72. The Bertz CT molecular complexity index is 484. The first kappa shape index (κ1) is 12.0. The van der Waals surface area contributed by atoms with Crippen molar-refractivity contribution in [3.63, 3.8) is 0 Å². The van der Waals surface area contributed by atoms with Crippen molar-refractivity contribution in [1.82, 2.24) is 10.2 Å². The van der Waals surface area contributed by atoms with Crippen LogP contribution in [0.2, 0.25) is 0 Å². The van der Waals surface area contributed by atoms with Gasteiger partial charge in [0.05, 0.1) is 0 Å². The summed E-state index contributed by atoms with van der Waals surface area (Å²) in [6.07, 6.45) is 2.32. The summed E-state index contributed by atoms with van der Waals surface area (Å²) in [5.74, 6) is 1.53. The lowest BCUT2D eigenvalue weighted by Crippen LogP contribution is -1.84. The van der Waals surface area contributed by atoms with Gasteiger partial charge in [-0.25, -0.2) is 0 Å². The van der Waals surface area contributed by atoms with Crippen LogP contribution in [-0.2, 0) is 0 Å². The van der Waals surface area contributed by atoms with E-state index in [1.807, 2.05) is 24.3 Å². The van der Waals surface area contributed by atoms with Crippen molar-refractivity contribution < 1.29 is 4.42 Å². The first-order valence-electron chi connectivity index (χ1n) is 5.62. The molecule has 0 atom stereocenters. The number of unbranched alkanes of at least 4 members (excludes halogenated alkanes) is 1. The molecule has 0 spiro atoms. The van der Waals surface area contributed by atoms with Gasteiger partial charge in [0.1, 0.15) is 0 Å². The summed E-state index contributed by atoms with van der Waals surface area (Å²) in [5, 5.41) is 8.63. The fourth-order valence-corrected chi connectivity index (χ4v) is 2.20. The number of hydrogen-bond acceptors (Lipinski definition) is 5. The molecule has 0 aliphatic carbocycles. The highest BCUT2D eigenvalue weighted by Crippen LogP contribution is 2.24. The van der Waals surface area contributed by atoms with E-state index in [0.29, 0.717) is 16.8 Å². The van der Waals surface area contributed by atoms with E-state index < -0.39 is 0 Å². The monoisotopic (exact) mass is 249 g/mol. The first-order chi connectivity index (χ1) is 8.29. The number of nitrogens with two attached hydrogens (primary N) is 1. The van der Waals surface area contributed by atoms with Gasteiger partial charge in [0, 0.05) is 17.0 Å². The summed E-state index contributed by atoms with van der Waals surface area (Å²) < 4.78 is 5.56. The van der Waals surface area contributed by atoms with Gasteiger partial charge in [-0.3, -0.25) is 0 Å². The number of anilines is 1. The van der Waals surface area contributed by atoms with Crippen molar-refractivity contribution in [3.8, 4) is 11.5 Å². The molecule has 90 valence electrons. The molecule has 2 aromatic rings. The summed E-state index contributed by atoms with van der Waals surface area (Å²) in [4.78, 5) is 0. The molecule has 0 fully saturated rings. The Kier molecular flexibility index (Phi) is 4.03. The fourth-order valence-electron chi connectivity index (χ4n) is 1.36. The fraction of sp³-hybridized carbons (Fsp3) is 0.333. The van der Waals surface area contributed by atoms with Crippen molar-refractivity contribution in [2.75, 3.05) is 11.5 Å². The largest absolute Gasteiger partial charge is 0.411 e. The Morgan fingerprint density at radius 3 is 3.00 bits per heavy atom. The molecule has 4 nitrogen and oxygen atoms in total. The Morgan fingerprint density at radius 2 is 2.24 bits per heavy atom. The van der Waals surface area contributed by atoms with Crippen molar-refractivity contribution in [2.45, 2.75) is 25.0 Å². The van der Waals surface area contributed by atoms with Crippen LogP contribution >= 0.6 is 11.8 Å². The van der Waals surface area contributed by atoms with Gasteiger partial charge < -0.3 is 10.2 Å². The molecule has 2 rings (SSSR count). The van der Waals surface area contributed by atoms with Crippen molar-refractivity contribution in [2.24, 2.45) is 0 Å². The first-order valence-corrected chi connectivity index (χ1v) is 6.60. The predicted molar refractivity (Wildman–Crippen MR) is 69.8 cm³/mol. The smallest absolute Gasteiger partial charge is 0.276 e. The average Bonchev–Trinajstić information content (AvgIpc) is 2.78. The molecule has 0 amide bonds. The maximum Gasteiger partial charge on any atom is 0.276 e. The highest BCUT2D eigenvalue weighted by molar-refractivity contribution is 7.99. The molecular formula is C12H15N3OS. The SMILES string of the molecule is CCCCSc1nnc(-c2cccc(N)c2)o1. The lowest BCUT2D eigenvalue weighted by atomic mass is 10.2. The maximum atomic E-state index is 5.71. The van der Waals surface area contributed by atoms with Crippen LogP contribution in [0.5, 0.6) is 0 Å². The Morgan fingerprint density at radius 1 is 1.35 bits per heavy atom. The summed E-state index contributed by atoms with van der Waals surface area (Å²) in [6.45, 7) is 2.16. The highest BCUT2D eigenvalue weighted by atomic mass is 32.2. The van der Waals surface area contributed by atoms with Crippen molar-refractivity contribution in [1.29, 1.82) is 0 Å². The molecule has 0 aliphatic rings. The molecule has 17 heavy (non-hydrogen) atoms. The minimum atomic E-state index is 0.524. The van der Waals surface area contributed by atoms with Crippen LogP contribution in [0.15, 0.2) is 33.9 Å². The van der Waals surface area contributed by atoms with Crippen LogP contribution in [0.1, 0.15) is 19.8 Å². The third-order valence-electron chi connectivity index (χ3n) is 2.26. The number of hydrogen-bond donors (Lipinski definition) is 1. The maximum absolute atomic E-state index is 5.71. The standard InChI is InChI=1S/C12H15N3OS/c1-2-3-7-17-12-15-14-11(16-12)9-5-4-6-10(13)8-9/h4-6,8H,2-3,7,13H2,1H3. The van der Waals surface area contributed by atoms with Crippen LogP contribution in [0.3, 0.4) is 0 Å². The van der Waals surface area contributed by atoms with Crippen LogP contribution < -0.4 is 5.73 Å². The van der Waals surface area contributed by atoms with E-state index in [1.165, 1.54) is 6.42 Å². The number of thioether (sulfide) groups is 1. The molecule has 0 saturated carbocycles. The number of benzene rings is 1. The summed E-state index contributed by atoms with van der Waals surface area (Å²) in [7, 11) is 0. The minimum Gasteiger partial charge on any atom is -0.411 e. The molecule has 0 bridgehead atoms. The van der Waals surface area contributed by atoms with Gasteiger partial charge in [-0.2, -0.15) is 0 Å². The predicted octanol–water partition coefficient (Wildman–Crippen LogP) is 3.21. The molecule has 0 radical (unpaired) electrons. The molecule has 2 N–H and O–H groups in total. The molecule has 0 aliphatic heterocycles. The Hall–Kier alpha value is -1.49. The van der Waals surface area contributed by atoms with Gasteiger partial charge in [0.25, 0.3) is 5.22 Å². The van der Waals surface area contributed by atoms with Crippen LogP contribution in [0.4, 0.5) is 5.69 Å². The van der Waals surface area contributed by atoms with Gasteiger partial charge in [-0.15, -0.1) is 10.2 Å². The third kappa shape index (κ3) is 3.23. The van der Waals surface area contributed by atoms with Gasteiger partial charge in [0.15, 0.2) is 0 Å². The topological polar surface area (TPSA) is 64.9 Å². The molecule has 1 aromatic heterocycles. The van der Waals surface area contributed by atoms with Gasteiger partial charge in [-0.05, 0) is 24.6 Å². The van der Waals surface area contributed by atoms with E-state index >= 15 is 0 Å². The number of aromatic nitrogens is 2. The van der Waals surface area contributed by atoms with Crippen molar-refractivity contribution in [3.05, 3.63) is 24.3 Å². The minimum absolute atomic E-state index is 0.524. The van der Waals surface area contributed by atoms with E-state index in [9.17, 15) is 0 Å². The van der Waals surface area contributed by atoms with Gasteiger partial charge >= 0.3 is 0 Å². The highest BCUT2D eigenvalue weighted by Gasteiger charge is 2.08. The summed E-state index contributed by atoms with van der Waals surface area (Å²) >= 11 is 1.59.